The van der Waals surface area contributed by atoms with Crippen LogP contribution in [0.25, 0.3) is 0 Å². The Morgan fingerprint density at radius 2 is 1.80 bits per heavy atom. The van der Waals surface area contributed by atoms with E-state index in [4.69, 9.17) is 5.73 Å². The maximum Gasteiger partial charge on any atom is 0.141 e. The predicted molar refractivity (Wildman–Crippen MR) is 42.5 cm³/mol. The largest absolute Gasteiger partial charge is 0.382 e. The SMILES string of the molecule is CC.Cc1cnc(N)cn1. The fraction of sp³-hybridized carbons (Fsp3) is 0.429. The molecular weight excluding hydrogens is 126 g/mol. The lowest BCUT2D eigenvalue weighted by Gasteiger charge is -1.88. The van der Waals surface area contributed by atoms with Crippen LogP contribution < -0.4 is 5.73 Å². The minimum absolute atomic E-state index is 0.468. The summed E-state index contributed by atoms with van der Waals surface area (Å²) >= 11 is 0. The maximum absolute atomic E-state index is 5.25. The number of aromatic nitrogens is 2. The van der Waals surface area contributed by atoms with E-state index in [1.165, 1.54) is 6.20 Å². The van der Waals surface area contributed by atoms with Gasteiger partial charge in [0.25, 0.3) is 0 Å². The number of nitrogens with two attached hydrogens (primary N) is 1. The summed E-state index contributed by atoms with van der Waals surface area (Å²) in [6, 6.07) is 0. The zero-order valence-corrected chi connectivity index (χ0v) is 6.63. The second kappa shape index (κ2) is 4.73. The van der Waals surface area contributed by atoms with E-state index in [1.807, 2.05) is 20.8 Å². The first-order valence-corrected chi connectivity index (χ1v) is 3.33. The van der Waals surface area contributed by atoms with E-state index in [0.29, 0.717) is 5.82 Å². The lowest BCUT2D eigenvalue weighted by Crippen LogP contribution is -1.90. The number of anilines is 1. The second-order valence-corrected chi connectivity index (χ2v) is 1.58. The Morgan fingerprint density at radius 3 is 2.10 bits per heavy atom. The fourth-order valence-corrected chi connectivity index (χ4v) is 0.403. The zero-order chi connectivity index (χ0) is 7.98. The molecule has 2 N–H and O–H groups in total. The molecule has 0 aromatic carbocycles. The average Bonchev–Trinajstić information content (AvgIpc) is 2.00. The van der Waals surface area contributed by atoms with Gasteiger partial charge < -0.3 is 5.73 Å². The molecule has 0 saturated carbocycles. The molecule has 1 heterocycles. The molecule has 0 radical (unpaired) electrons. The summed E-state index contributed by atoms with van der Waals surface area (Å²) in [5.41, 5.74) is 6.14. The highest BCUT2D eigenvalue weighted by atomic mass is 14.9. The Morgan fingerprint density at radius 1 is 1.20 bits per heavy atom. The van der Waals surface area contributed by atoms with Gasteiger partial charge in [0.05, 0.1) is 18.1 Å². The van der Waals surface area contributed by atoms with Crippen LogP contribution in [-0.4, -0.2) is 9.97 Å². The zero-order valence-electron chi connectivity index (χ0n) is 6.63. The molecular formula is C7H13N3. The fourth-order valence-electron chi connectivity index (χ4n) is 0.403. The van der Waals surface area contributed by atoms with Gasteiger partial charge in [-0.15, -0.1) is 0 Å². The van der Waals surface area contributed by atoms with Gasteiger partial charge in [-0.2, -0.15) is 0 Å². The van der Waals surface area contributed by atoms with Crippen molar-refractivity contribution in [3.63, 3.8) is 0 Å². The summed E-state index contributed by atoms with van der Waals surface area (Å²) in [5, 5.41) is 0. The smallest absolute Gasteiger partial charge is 0.141 e. The highest BCUT2D eigenvalue weighted by Gasteiger charge is 1.83. The van der Waals surface area contributed by atoms with Gasteiger partial charge in [0.2, 0.25) is 0 Å². The third kappa shape index (κ3) is 3.02. The topological polar surface area (TPSA) is 51.8 Å². The summed E-state index contributed by atoms with van der Waals surface area (Å²) in [6.07, 6.45) is 3.17. The summed E-state index contributed by atoms with van der Waals surface area (Å²) in [5.74, 6) is 0.468. The molecule has 0 spiro atoms. The number of aryl methyl sites for hydroxylation is 1. The van der Waals surface area contributed by atoms with Crippen LogP contribution in [-0.2, 0) is 0 Å². The van der Waals surface area contributed by atoms with Crippen LogP contribution >= 0.6 is 0 Å². The summed E-state index contributed by atoms with van der Waals surface area (Å²) in [6.45, 7) is 5.87. The minimum atomic E-state index is 0.468. The van der Waals surface area contributed by atoms with Crippen LogP contribution in [0.4, 0.5) is 5.82 Å². The molecule has 0 aliphatic carbocycles. The Hall–Kier alpha value is -1.12. The van der Waals surface area contributed by atoms with Crippen LogP contribution in [0, 0.1) is 6.92 Å². The van der Waals surface area contributed by atoms with Crippen molar-refractivity contribution in [2.75, 3.05) is 5.73 Å². The Labute approximate surface area is 61.3 Å². The molecule has 0 bridgehead atoms. The quantitative estimate of drug-likeness (QED) is 0.591. The molecule has 1 rings (SSSR count). The normalized spacial score (nSPS) is 7.90. The van der Waals surface area contributed by atoms with Crippen LogP contribution in [0.1, 0.15) is 19.5 Å². The van der Waals surface area contributed by atoms with Gasteiger partial charge in [-0.1, -0.05) is 13.8 Å². The van der Waals surface area contributed by atoms with Crippen molar-refractivity contribution in [2.45, 2.75) is 20.8 Å². The van der Waals surface area contributed by atoms with E-state index in [9.17, 15) is 0 Å². The molecule has 56 valence electrons. The number of hydrogen-bond acceptors (Lipinski definition) is 3. The first-order chi connectivity index (χ1) is 4.79. The van der Waals surface area contributed by atoms with Gasteiger partial charge >= 0.3 is 0 Å². The van der Waals surface area contributed by atoms with E-state index >= 15 is 0 Å². The van der Waals surface area contributed by atoms with Crippen molar-refractivity contribution in [1.82, 2.24) is 9.97 Å². The highest BCUT2D eigenvalue weighted by Crippen LogP contribution is 1.91. The molecule has 3 heteroatoms. The number of rotatable bonds is 0. The molecule has 0 amide bonds. The summed E-state index contributed by atoms with van der Waals surface area (Å²) in [4.78, 5) is 7.69. The van der Waals surface area contributed by atoms with Crippen LogP contribution in [0.2, 0.25) is 0 Å². The van der Waals surface area contributed by atoms with E-state index in [1.54, 1.807) is 6.20 Å². The van der Waals surface area contributed by atoms with Gasteiger partial charge in [-0.25, -0.2) is 4.98 Å². The molecule has 0 unspecified atom stereocenters. The van der Waals surface area contributed by atoms with Gasteiger partial charge in [0, 0.05) is 0 Å². The third-order valence-corrected chi connectivity index (χ3v) is 0.801. The molecule has 3 nitrogen and oxygen atoms in total. The maximum atomic E-state index is 5.25. The van der Waals surface area contributed by atoms with E-state index < -0.39 is 0 Å². The Bertz CT molecular complexity index is 148. The number of nitrogens with zero attached hydrogens (tertiary/aromatic N) is 2. The molecule has 0 saturated heterocycles. The standard InChI is InChI=1S/C5H7N3.C2H6/c1-4-2-8-5(6)3-7-4;1-2/h2-3H,1H3,(H2,6,8);1-2H3. The monoisotopic (exact) mass is 139 g/mol. The van der Waals surface area contributed by atoms with E-state index in [0.717, 1.165) is 5.69 Å². The molecule has 0 atom stereocenters. The Balaban J connectivity index is 0.000000371. The lowest BCUT2D eigenvalue weighted by molar-refractivity contribution is 1.13. The van der Waals surface area contributed by atoms with Crippen molar-refractivity contribution < 1.29 is 0 Å². The molecule has 1 aromatic rings. The highest BCUT2D eigenvalue weighted by molar-refractivity contribution is 5.22. The van der Waals surface area contributed by atoms with Crippen LogP contribution in [0.5, 0.6) is 0 Å². The average molecular weight is 139 g/mol. The summed E-state index contributed by atoms with van der Waals surface area (Å²) in [7, 11) is 0. The van der Waals surface area contributed by atoms with Crippen LogP contribution in [0.15, 0.2) is 12.4 Å². The minimum Gasteiger partial charge on any atom is -0.382 e. The lowest BCUT2D eigenvalue weighted by atomic mass is 10.5. The number of hydrogen-bond donors (Lipinski definition) is 1. The first-order valence-electron chi connectivity index (χ1n) is 3.33. The van der Waals surface area contributed by atoms with Crippen molar-refractivity contribution in [3.8, 4) is 0 Å². The third-order valence-electron chi connectivity index (χ3n) is 0.801. The molecule has 0 fully saturated rings. The Kier molecular flexibility index (Phi) is 4.20. The van der Waals surface area contributed by atoms with Crippen molar-refractivity contribution in [3.05, 3.63) is 18.1 Å². The van der Waals surface area contributed by atoms with Gasteiger partial charge in [0.1, 0.15) is 5.82 Å². The van der Waals surface area contributed by atoms with Gasteiger partial charge in [0.15, 0.2) is 0 Å². The van der Waals surface area contributed by atoms with Crippen molar-refractivity contribution in [1.29, 1.82) is 0 Å². The second-order valence-electron chi connectivity index (χ2n) is 1.58. The van der Waals surface area contributed by atoms with E-state index in [-0.39, 0.29) is 0 Å². The molecule has 10 heavy (non-hydrogen) atoms. The summed E-state index contributed by atoms with van der Waals surface area (Å²) < 4.78 is 0. The van der Waals surface area contributed by atoms with E-state index in [2.05, 4.69) is 9.97 Å². The first kappa shape index (κ1) is 8.88. The molecule has 0 aliphatic heterocycles. The molecule has 0 aliphatic rings. The van der Waals surface area contributed by atoms with Crippen molar-refractivity contribution in [2.24, 2.45) is 0 Å². The van der Waals surface area contributed by atoms with Crippen molar-refractivity contribution >= 4 is 5.82 Å². The van der Waals surface area contributed by atoms with Gasteiger partial charge in [-0.05, 0) is 6.92 Å². The number of nitrogen functional groups attached to an aromatic ring is 1. The van der Waals surface area contributed by atoms with Gasteiger partial charge in [-0.3, -0.25) is 4.98 Å². The van der Waals surface area contributed by atoms with Crippen LogP contribution in [0.3, 0.4) is 0 Å². The predicted octanol–water partition coefficient (Wildman–Crippen LogP) is 1.39. The molecule has 1 aromatic heterocycles.